The largest absolute Gasteiger partial charge is 0.296 e. The first-order chi connectivity index (χ1) is 20.4. The molecule has 0 spiro atoms. The summed E-state index contributed by atoms with van der Waals surface area (Å²) < 4.78 is 5.46. The third kappa shape index (κ3) is 7.32. The second-order valence-corrected chi connectivity index (χ2v) is 15.3. The van der Waals surface area contributed by atoms with Gasteiger partial charge in [-0.3, -0.25) is 9.13 Å². The van der Waals surface area contributed by atoms with Crippen LogP contribution < -0.4 is 0 Å². The monoisotopic (exact) mass is 706 g/mol. The van der Waals surface area contributed by atoms with E-state index in [1.54, 1.807) is 106 Å². The van der Waals surface area contributed by atoms with Gasteiger partial charge in [0.05, 0.1) is 21.1 Å². The molecular formula is C28H18Cl4N6S4. The molecule has 4 aromatic rings. The van der Waals surface area contributed by atoms with Crippen LogP contribution in [0.15, 0.2) is 82.3 Å². The summed E-state index contributed by atoms with van der Waals surface area (Å²) in [5.74, 6) is 1.75. The van der Waals surface area contributed by atoms with Gasteiger partial charge in [-0.05, 0) is 35.4 Å². The first-order valence-electron chi connectivity index (χ1n) is 12.1. The van der Waals surface area contributed by atoms with E-state index in [-0.39, 0.29) is 10.5 Å². The van der Waals surface area contributed by atoms with E-state index < -0.39 is 0 Å². The van der Waals surface area contributed by atoms with Gasteiger partial charge in [-0.25, -0.2) is 9.97 Å². The minimum atomic E-state index is 0.224. The highest BCUT2D eigenvalue weighted by molar-refractivity contribution is 8.26. The molecule has 212 valence electrons. The summed E-state index contributed by atoms with van der Waals surface area (Å²) in [7, 11) is 0. The molecular weight excluding hydrogens is 690 g/mol. The molecule has 42 heavy (non-hydrogen) atoms. The van der Waals surface area contributed by atoms with Crippen LogP contribution in [0.3, 0.4) is 0 Å². The van der Waals surface area contributed by atoms with Gasteiger partial charge in [-0.1, -0.05) is 58.5 Å². The fourth-order valence-electron chi connectivity index (χ4n) is 3.98. The Morgan fingerprint density at radius 2 is 1.14 bits per heavy atom. The van der Waals surface area contributed by atoms with E-state index in [0.717, 1.165) is 31.1 Å². The number of aromatic nitrogens is 4. The second kappa shape index (κ2) is 14.6. The third-order valence-electron chi connectivity index (χ3n) is 5.97. The molecule has 2 saturated heterocycles. The number of hydrogen-bond donors (Lipinski definition) is 0. The zero-order chi connectivity index (χ0) is 29.6. The molecule has 0 aliphatic carbocycles. The van der Waals surface area contributed by atoms with Crippen LogP contribution in [0.4, 0.5) is 0 Å². The van der Waals surface area contributed by atoms with Crippen LogP contribution >= 0.6 is 93.5 Å². The Kier molecular flexibility index (Phi) is 10.9. The predicted octanol–water partition coefficient (Wildman–Crippen LogP) is 10.1. The number of nitrogens with zero attached hydrogens (tertiary/aromatic N) is 6. The number of nitriles is 2. The fourth-order valence-corrected chi connectivity index (χ4v) is 11.0. The fraction of sp³-hybridized carbons (Fsp3) is 0.143. The smallest absolute Gasteiger partial charge is 0.145 e. The number of benzene rings is 2. The van der Waals surface area contributed by atoms with Crippen molar-refractivity contribution in [3.05, 3.63) is 114 Å². The average molecular weight is 709 g/mol. The first-order valence-corrected chi connectivity index (χ1v) is 17.4. The molecule has 0 amide bonds. The van der Waals surface area contributed by atoms with Crippen molar-refractivity contribution in [2.24, 2.45) is 0 Å². The van der Waals surface area contributed by atoms with Crippen molar-refractivity contribution in [3.8, 4) is 12.1 Å². The standard InChI is InChI=1S/2C14H9Cl2N3S2/c2*15-9-1-2-10(11(16)5-9)13-7-20-14(21-13)12(6-17)19-4-3-18-8-19/h2*1-5,8,13H,7H2/b14-12+;14-12-/t13-;/m1./s1. The zero-order valence-electron chi connectivity index (χ0n) is 21.3. The van der Waals surface area contributed by atoms with Gasteiger partial charge in [0.1, 0.15) is 23.5 Å². The minimum Gasteiger partial charge on any atom is -0.296 e. The lowest BCUT2D eigenvalue weighted by Gasteiger charge is -2.10. The van der Waals surface area contributed by atoms with Crippen molar-refractivity contribution < 1.29 is 0 Å². The second-order valence-electron chi connectivity index (χ2n) is 8.60. The Morgan fingerprint density at radius 3 is 1.48 bits per heavy atom. The van der Waals surface area contributed by atoms with E-state index in [1.807, 2.05) is 24.3 Å². The lowest BCUT2D eigenvalue weighted by Crippen LogP contribution is -1.93. The summed E-state index contributed by atoms with van der Waals surface area (Å²) in [6, 6.07) is 15.6. The molecule has 2 atom stereocenters. The Bertz CT molecular complexity index is 1600. The number of hydrogen-bond acceptors (Lipinski definition) is 8. The summed E-state index contributed by atoms with van der Waals surface area (Å²) in [5.41, 5.74) is 3.32. The highest BCUT2D eigenvalue weighted by Crippen LogP contribution is 2.54. The Labute approximate surface area is 280 Å². The van der Waals surface area contributed by atoms with Crippen LogP contribution in [0.1, 0.15) is 21.6 Å². The van der Waals surface area contributed by atoms with Gasteiger partial charge in [-0.15, -0.1) is 47.0 Å². The van der Waals surface area contributed by atoms with Crippen LogP contribution in [0.25, 0.3) is 11.4 Å². The molecule has 2 aromatic heterocycles. The number of rotatable bonds is 4. The van der Waals surface area contributed by atoms with Crippen LogP contribution in [0, 0.1) is 22.7 Å². The molecule has 0 N–H and O–H groups in total. The van der Waals surface area contributed by atoms with Gasteiger partial charge < -0.3 is 0 Å². The number of thioether (sulfide) groups is 4. The molecule has 14 heteroatoms. The quantitative estimate of drug-likeness (QED) is 0.194. The molecule has 4 heterocycles. The van der Waals surface area contributed by atoms with Gasteiger partial charge in [0.25, 0.3) is 0 Å². The van der Waals surface area contributed by atoms with Crippen LogP contribution in [0.2, 0.25) is 20.1 Å². The topological polar surface area (TPSA) is 83.2 Å². The molecule has 0 bridgehead atoms. The van der Waals surface area contributed by atoms with E-state index in [1.165, 1.54) is 0 Å². The van der Waals surface area contributed by atoms with E-state index >= 15 is 0 Å². The van der Waals surface area contributed by atoms with Crippen molar-refractivity contribution in [2.45, 2.75) is 10.5 Å². The highest BCUT2D eigenvalue weighted by Gasteiger charge is 2.29. The molecule has 6 rings (SSSR count). The number of halogens is 4. The van der Waals surface area contributed by atoms with Crippen LogP contribution in [-0.4, -0.2) is 30.6 Å². The molecule has 0 radical (unpaired) electrons. The van der Waals surface area contributed by atoms with Gasteiger partial charge in [-0.2, -0.15) is 10.5 Å². The van der Waals surface area contributed by atoms with E-state index in [4.69, 9.17) is 46.4 Å². The first kappa shape index (κ1) is 31.3. The maximum Gasteiger partial charge on any atom is 0.145 e. The molecule has 2 aliphatic heterocycles. The Hall–Kier alpha value is -2.12. The molecule has 0 saturated carbocycles. The van der Waals surface area contributed by atoms with Gasteiger partial charge in [0.2, 0.25) is 0 Å². The van der Waals surface area contributed by atoms with Crippen molar-refractivity contribution in [1.29, 1.82) is 10.5 Å². The van der Waals surface area contributed by atoms with Gasteiger partial charge in [0, 0.05) is 66.9 Å². The van der Waals surface area contributed by atoms with E-state index in [9.17, 15) is 10.5 Å². The summed E-state index contributed by atoms with van der Waals surface area (Å²) in [6.45, 7) is 0. The third-order valence-corrected chi connectivity index (χ3v) is 12.9. The molecule has 6 nitrogen and oxygen atoms in total. The zero-order valence-corrected chi connectivity index (χ0v) is 27.6. The lowest BCUT2D eigenvalue weighted by atomic mass is 10.2. The number of imidazole rings is 2. The van der Waals surface area contributed by atoms with Crippen LogP contribution in [-0.2, 0) is 0 Å². The summed E-state index contributed by atoms with van der Waals surface area (Å²) in [5, 5.41) is 21.8. The SMILES string of the molecule is N#C/C(=C1/SC[C@H](c2ccc(Cl)cc2Cl)S1)n1ccnc1.N#C/C(=C1\SCC(c2ccc(Cl)cc2Cl)S1)n1ccnc1. The molecule has 1 unspecified atom stereocenters. The maximum absolute atomic E-state index is 9.38. The average Bonchev–Trinajstić information content (AvgIpc) is 3.79. The van der Waals surface area contributed by atoms with Crippen molar-refractivity contribution >= 4 is 105 Å². The Balaban J connectivity index is 0.000000168. The van der Waals surface area contributed by atoms with Crippen molar-refractivity contribution in [3.63, 3.8) is 0 Å². The Morgan fingerprint density at radius 1 is 0.714 bits per heavy atom. The maximum atomic E-state index is 9.38. The highest BCUT2D eigenvalue weighted by atomic mass is 35.5. The molecule has 2 aliphatic rings. The van der Waals surface area contributed by atoms with E-state index in [2.05, 4.69) is 22.1 Å². The normalized spacial score (nSPS) is 20.3. The van der Waals surface area contributed by atoms with Gasteiger partial charge in [0.15, 0.2) is 0 Å². The summed E-state index contributed by atoms with van der Waals surface area (Å²) in [4.78, 5) is 7.97. The van der Waals surface area contributed by atoms with E-state index in [0.29, 0.717) is 31.5 Å². The lowest BCUT2D eigenvalue weighted by molar-refractivity contribution is 1.10. The molecule has 2 fully saturated rings. The minimum absolute atomic E-state index is 0.224. The predicted molar refractivity (Wildman–Crippen MR) is 181 cm³/mol. The molecule has 2 aromatic carbocycles. The van der Waals surface area contributed by atoms with Crippen molar-refractivity contribution in [1.82, 2.24) is 19.1 Å². The van der Waals surface area contributed by atoms with Gasteiger partial charge >= 0.3 is 0 Å². The number of allylic oxidation sites excluding steroid dienone is 2. The summed E-state index contributed by atoms with van der Waals surface area (Å²) >= 11 is 31.1. The van der Waals surface area contributed by atoms with Crippen molar-refractivity contribution in [2.75, 3.05) is 11.5 Å². The summed E-state index contributed by atoms with van der Waals surface area (Å²) in [6.07, 6.45) is 10.1. The van der Waals surface area contributed by atoms with Crippen LogP contribution in [0.5, 0.6) is 0 Å².